The monoisotopic (exact) mass is 423 g/mol. The highest BCUT2D eigenvalue weighted by molar-refractivity contribution is 6.74. The van der Waals surface area contributed by atoms with Gasteiger partial charge in [-0.3, -0.25) is 9.79 Å². The molecule has 5 nitrogen and oxygen atoms in total. The van der Waals surface area contributed by atoms with Crippen LogP contribution in [0.2, 0.25) is 18.1 Å². The van der Waals surface area contributed by atoms with Crippen molar-refractivity contribution in [3.8, 4) is 0 Å². The Morgan fingerprint density at radius 2 is 1.80 bits per heavy atom. The summed E-state index contributed by atoms with van der Waals surface area (Å²) in [7, 11) is -2.15. The zero-order chi connectivity index (χ0) is 21.8. The quantitative estimate of drug-likeness (QED) is 0.651. The molecule has 0 saturated heterocycles. The van der Waals surface area contributed by atoms with Crippen LogP contribution in [-0.4, -0.2) is 35.5 Å². The number of imidazole rings is 1. The smallest absolute Gasteiger partial charge is 0.193 e. The number of benzene rings is 1. The van der Waals surface area contributed by atoms with Crippen LogP contribution < -0.4 is 0 Å². The maximum atomic E-state index is 13.8. The van der Waals surface area contributed by atoms with Crippen LogP contribution in [0.15, 0.2) is 35.3 Å². The van der Waals surface area contributed by atoms with Crippen LogP contribution in [0.3, 0.4) is 0 Å². The highest BCUT2D eigenvalue weighted by atomic mass is 28.4. The van der Waals surface area contributed by atoms with E-state index in [0.717, 1.165) is 41.5 Å². The first kappa shape index (κ1) is 21.2. The van der Waals surface area contributed by atoms with Crippen LogP contribution in [0.25, 0.3) is 0 Å². The van der Waals surface area contributed by atoms with Gasteiger partial charge in [-0.1, -0.05) is 51.1 Å². The van der Waals surface area contributed by atoms with E-state index in [9.17, 15) is 4.79 Å². The Balaban J connectivity index is 1.84. The molecule has 0 spiro atoms. The summed E-state index contributed by atoms with van der Waals surface area (Å²) in [6.45, 7) is 16.0. The Bertz CT molecular complexity index is 1000. The third-order valence-corrected chi connectivity index (χ3v) is 11.7. The summed E-state index contributed by atoms with van der Waals surface area (Å²) in [5.41, 5.74) is 4.04. The molecule has 160 valence electrons. The van der Waals surface area contributed by atoms with Crippen LogP contribution >= 0.6 is 0 Å². The lowest BCUT2D eigenvalue weighted by Gasteiger charge is -2.43. The molecule has 0 aliphatic carbocycles. The summed E-state index contributed by atoms with van der Waals surface area (Å²) < 4.78 is 8.96. The minimum atomic E-state index is -2.15. The van der Waals surface area contributed by atoms with Crippen molar-refractivity contribution in [1.29, 1.82) is 0 Å². The van der Waals surface area contributed by atoms with E-state index in [4.69, 9.17) is 14.4 Å². The molecule has 1 aromatic carbocycles. The fourth-order valence-electron chi connectivity index (χ4n) is 4.19. The van der Waals surface area contributed by atoms with Crippen molar-refractivity contribution in [3.63, 3.8) is 0 Å². The molecule has 3 heterocycles. The predicted octanol–water partition coefficient (Wildman–Crippen LogP) is 5.02. The van der Waals surface area contributed by atoms with E-state index in [1.807, 2.05) is 25.1 Å². The summed E-state index contributed by atoms with van der Waals surface area (Å²) in [5, 5.41) is 0.0234. The molecule has 1 aromatic heterocycles. The number of ketones is 1. The van der Waals surface area contributed by atoms with E-state index in [1.165, 1.54) is 0 Å². The van der Waals surface area contributed by atoms with Crippen molar-refractivity contribution in [1.82, 2.24) is 9.55 Å². The number of aromatic nitrogens is 2. The van der Waals surface area contributed by atoms with Gasteiger partial charge in [0.15, 0.2) is 19.9 Å². The van der Waals surface area contributed by atoms with Gasteiger partial charge in [-0.15, -0.1) is 0 Å². The lowest BCUT2D eigenvalue weighted by molar-refractivity contribution is -0.130. The summed E-state index contributed by atoms with van der Waals surface area (Å²) >= 11 is 0. The Hall–Kier alpha value is -2.05. The Morgan fingerprint density at radius 1 is 1.13 bits per heavy atom. The van der Waals surface area contributed by atoms with Crippen molar-refractivity contribution in [2.24, 2.45) is 10.9 Å². The SMILES string of the molecule is Cc1nc2n(c1C)CCC1C(=O)C(O[Si](C)(C)C(C)(C)C)C(c3ccccc3)N=C21. The topological polar surface area (TPSA) is 56.5 Å². The number of rotatable bonds is 3. The Morgan fingerprint density at radius 3 is 2.43 bits per heavy atom. The van der Waals surface area contributed by atoms with E-state index in [0.29, 0.717) is 0 Å². The number of hydrogen-bond donors (Lipinski definition) is 0. The van der Waals surface area contributed by atoms with Crippen molar-refractivity contribution in [3.05, 3.63) is 53.1 Å². The van der Waals surface area contributed by atoms with Crippen LogP contribution in [0, 0.1) is 19.8 Å². The first-order valence-electron chi connectivity index (χ1n) is 10.9. The standard InChI is InChI=1S/C24H33N3O2Si/c1-15-16(2)27-14-13-18-20(23(27)25-15)26-19(17-11-9-8-10-12-17)22(21(18)28)29-30(6,7)24(3,4)5/h8-12,18-19,22H,13-14H2,1-7H3. The molecule has 2 aliphatic rings. The van der Waals surface area contributed by atoms with E-state index in [-0.39, 0.29) is 22.8 Å². The molecular weight excluding hydrogens is 390 g/mol. The van der Waals surface area contributed by atoms with Gasteiger partial charge >= 0.3 is 0 Å². The van der Waals surface area contributed by atoms with Gasteiger partial charge in [0.05, 0.1) is 17.3 Å². The number of Topliss-reactive ketones (excluding diaryl/α,β-unsaturated/α-hetero) is 1. The highest BCUT2D eigenvalue weighted by Crippen LogP contribution is 2.43. The van der Waals surface area contributed by atoms with Gasteiger partial charge in [-0.2, -0.15) is 0 Å². The average Bonchev–Trinajstić information content (AvgIpc) is 2.98. The van der Waals surface area contributed by atoms with E-state index in [2.05, 4.69) is 57.5 Å². The summed E-state index contributed by atoms with van der Waals surface area (Å²) in [6.07, 6.45) is 0.228. The largest absolute Gasteiger partial charge is 0.404 e. The van der Waals surface area contributed by atoms with Gasteiger partial charge in [0, 0.05) is 12.2 Å². The molecule has 0 saturated carbocycles. The van der Waals surface area contributed by atoms with Crippen molar-refractivity contribution in [2.75, 3.05) is 0 Å². The second-order valence-corrected chi connectivity index (χ2v) is 14.9. The molecule has 2 aromatic rings. The second kappa shape index (κ2) is 7.27. The molecular formula is C24H33N3O2Si. The Labute approximate surface area is 180 Å². The normalized spacial score (nSPS) is 24.3. The third kappa shape index (κ3) is 3.40. The van der Waals surface area contributed by atoms with Crippen LogP contribution in [-0.2, 0) is 15.8 Å². The number of carbonyl (C=O) groups is 1. The summed E-state index contributed by atoms with van der Waals surface area (Å²) in [4.78, 5) is 23.8. The van der Waals surface area contributed by atoms with Gasteiger partial charge < -0.3 is 8.99 Å². The molecule has 6 heteroatoms. The van der Waals surface area contributed by atoms with Gasteiger partial charge in [0.1, 0.15) is 12.1 Å². The lowest BCUT2D eigenvalue weighted by Crippen LogP contribution is -2.52. The molecule has 0 radical (unpaired) electrons. The molecule has 0 fully saturated rings. The zero-order valence-electron chi connectivity index (χ0n) is 19.2. The minimum absolute atomic E-state index is 0.0234. The average molecular weight is 424 g/mol. The number of fused-ring (bicyclic) bond motifs is 3. The lowest BCUT2D eigenvalue weighted by atomic mass is 9.81. The molecule has 4 rings (SSSR count). The van der Waals surface area contributed by atoms with Crippen LogP contribution in [0.4, 0.5) is 0 Å². The number of hydrogen-bond acceptors (Lipinski definition) is 4. The fourth-order valence-corrected chi connectivity index (χ4v) is 5.42. The maximum absolute atomic E-state index is 13.8. The maximum Gasteiger partial charge on any atom is 0.193 e. The van der Waals surface area contributed by atoms with Crippen molar-refractivity contribution < 1.29 is 9.22 Å². The van der Waals surface area contributed by atoms with Gasteiger partial charge in [0.2, 0.25) is 0 Å². The fraction of sp³-hybridized carbons (Fsp3) is 0.542. The van der Waals surface area contributed by atoms with Crippen molar-refractivity contribution >= 4 is 19.8 Å². The molecule has 0 amide bonds. The second-order valence-electron chi connectivity index (χ2n) is 10.2. The number of carbonyl (C=O) groups excluding carboxylic acids is 1. The number of nitrogens with zero attached hydrogens (tertiary/aromatic N) is 3. The predicted molar refractivity (Wildman–Crippen MR) is 123 cm³/mol. The first-order chi connectivity index (χ1) is 14.0. The molecule has 3 unspecified atom stereocenters. The molecule has 3 atom stereocenters. The Kier molecular flexibility index (Phi) is 5.14. The molecule has 0 bridgehead atoms. The summed E-state index contributed by atoms with van der Waals surface area (Å²) in [5.74, 6) is 0.804. The first-order valence-corrected chi connectivity index (χ1v) is 13.8. The molecule has 30 heavy (non-hydrogen) atoms. The number of aliphatic imine (C=N–C) groups is 1. The van der Waals surface area contributed by atoms with Crippen LogP contribution in [0.1, 0.15) is 56.0 Å². The highest BCUT2D eigenvalue weighted by Gasteiger charge is 2.49. The van der Waals surface area contributed by atoms with E-state index < -0.39 is 14.4 Å². The molecule has 0 N–H and O–H groups in total. The van der Waals surface area contributed by atoms with Gasteiger partial charge in [-0.25, -0.2) is 4.98 Å². The van der Waals surface area contributed by atoms with Crippen molar-refractivity contribution in [2.45, 2.75) is 77.9 Å². The summed E-state index contributed by atoms with van der Waals surface area (Å²) in [6, 6.07) is 9.78. The third-order valence-electron chi connectivity index (χ3n) is 7.22. The molecule has 2 aliphatic heterocycles. The number of aryl methyl sites for hydroxylation is 1. The minimum Gasteiger partial charge on any atom is -0.404 e. The zero-order valence-corrected chi connectivity index (χ0v) is 20.2. The van der Waals surface area contributed by atoms with Gasteiger partial charge in [-0.05, 0) is 44.0 Å². The van der Waals surface area contributed by atoms with Gasteiger partial charge in [0.25, 0.3) is 0 Å². The van der Waals surface area contributed by atoms with Crippen LogP contribution in [0.5, 0.6) is 0 Å². The van der Waals surface area contributed by atoms with E-state index >= 15 is 0 Å². The van der Waals surface area contributed by atoms with E-state index in [1.54, 1.807) is 0 Å².